The summed E-state index contributed by atoms with van der Waals surface area (Å²) in [5.41, 5.74) is -0.0451. The van der Waals surface area contributed by atoms with E-state index < -0.39 is 11.9 Å². The lowest BCUT2D eigenvalue weighted by Crippen LogP contribution is -2.16. The minimum atomic E-state index is -1.26. The van der Waals surface area contributed by atoms with Gasteiger partial charge in [0.1, 0.15) is 0 Å². The number of carboxylic acid groups (broad SMARTS) is 1. The smallest absolute Gasteiger partial charge is 0.358 e. The van der Waals surface area contributed by atoms with E-state index in [9.17, 15) is 9.59 Å². The SMILES string of the molecule is O=C(Nc1nccnc1C(=O)O)c1cn[nH]c1. The maximum Gasteiger partial charge on any atom is 0.358 e. The number of nitrogens with zero attached hydrogens (tertiary/aromatic N) is 3. The zero-order valence-corrected chi connectivity index (χ0v) is 8.41. The van der Waals surface area contributed by atoms with Crippen LogP contribution in [0.25, 0.3) is 0 Å². The predicted octanol–water partition coefficient (Wildman–Crippen LogP) is 0.150. The molecule has 8 nitrogen and oxygen atoms in total. The molecular formula is C9H7N5O3. The molecular weight excluding hydrogens is 226 g/mol. The largest absolute Gasteiger partial charge is 0.476 e. The van der Waals surface area contributed by atoms with E-state index in [2.05, 4.69) is 25.5 Å². The first-order valence-corrected chi connectivity index (χ1v) is 4.53. The summed E-state index contributed by atoms with van der Waals surface area (Å²) in [4.78, 5) is 29.8. The van der Waals surface area contributed by atoms with Gasteiger partial charge in [-0.1, -0.05) is 0 Å². The number of carboxylic acids is 1. The molecule has 0 saturated heterocycles. The summed E-state index contributed by atoms with van der Waals surface area (Å²) < 4.78 is 0. The highest BCUT2D eigenvalue weighted by atomic mass is 16.4. The van der Waals surface area contributed by atoms with Crippen LogP contribution >= 0.6 is 0 Å². The van der Waals surface area contributed by atoms with Crippen molar-refractivity contribution in [2.75, 3.05) is 5.32 Å². The van der Waals surface area contributed by atoms with Crippen molar-refractivity contribution in [3.63, 3.8) is 0 Å². The van der Waals surface area contributed by atoms with Crippen LogP contribution in [0.1, 0.15) is 20.8 Å². The van der Waals surface area contributed by atoms with Gasteiger partial charge in [-0.25, -0.2) is 14.8 Å². The number of hydrogen-bond acceptors (Lipinski definition) is 5. The van der Waals surface area contributed by atoms with Crippen molar-refractivity contribution in [3.05, 3.63) is 36.0 Å². The number of hydrogen-bond donors (Lipinski definition) is 3. The Balaban J connectivity index is 2.25. The van der Waals surface area contributed by atoms with Crippen molar-refractivity contribution >= 4 is 17.7 Å². The quantitative estimate of drug-likeness (QED) is 0.693. The minimum absolute atomic E-state index is 0.105. The zero-order valence-electron chi connectivity index (χ0n) is 8.41. The van der Waals surface area contributed by atoms with Gasteiger partial charge in [0.15, 0.2) is 11.5 Å². The Morgan fingerprint density at radius 1 is 1.29 bits per heavy atom. The van der Waals surface area contributed by atoms with Crippen molar-refractivity contribution in [1.82, 2.24) is 20.2 Å². The van der Waals surface area contributed by atoms with Gasteiger partial charge in [0.05, 0.1) is 11.8 Å². The monoisotopic (exact) mass is 233 g/mol. The number of amides is 1. The van der Waals surface area contributed by atoms with Crippen molar-refractivity contribution in [2.45, 2.75) is 0 Å². The van der Waals surface area contributed by atoms with E-state index in [1.54, 1.807) is 0 Å². The maximum absolute atomic E-state index is 11.6. The molecule has 2 rings (SSSR count). The van der Waals surface area contributed by atoms with Crippen LogP contribution in [-0.2, 0) is 0 Å². The standard InChI is InChI=1S/C9H7N5O3/c15-8(5-3-12-13-4-5)14-7-6(9(16)17)10-1-2-11-7/h1-4H,(H,12,13)(H,16,17)(H,11,14,15). The van der Waals surface area contributed by atoms with Gasteiger partial charge in [-0.15, -0.1) is 0 Å². The third-order valence-corrected chi connectivity index (χ3v) is 1.89. The first-order valence-electron chi connectivity index (χ1n) is 4.53. The summed E-state index contributed by atoms with van der Waals surface area (Å²) in [6.45, 7) is 0. The van der Waals surface area contributed by atoms with E-state index in [0.717, 1.165) is 0 Å². The van der Waals surface area contributed by atoms with Crippen LogP contribution in [0.4, 0.5) is 5.82 Å². The molecule has 3 N–H and O–H groups in total. The lowest BCUT2D eigenvalue weighted by molar-refractivity contribution is 0.0691. The number of rotatable bonds is 3. The Kier molecular flexibility index (Phi) is 2.77. The number of aromatic nitrogens is 4. The molecule has 86 valence electrons. The third-order valence-electron chi connectivity index (χ3n) is 1.89. The van der Waals surface area contributed by atoms with Gasteiger partial charge in [-0.2, -0.15) is 5.10 Å². The molecule has 1 amide bonds. The molecule has 0 bridgehead atoms. The van der Waals surface area contributed by atoms with Crippen LogP contribution in [-0.4, -0.2) is 37.1 Å². The van der Waals surface area contributed by atoms with Crippen LogP contribution < -0.4 is 5.32 Å². The molecule has 2 aromatic heterocycles. The molecule has 2 heterocycles. The molecule has 0 spiro atoms. The third kappa shape index (κ3) is 2.25. The molecule has 17 heavy (non-hydrogen) atoms. The van der Waals surface area contributed by atoms with E-state index in [4.69, 9.17) is 5.11 Å². The second-order valence-electron chi connectivity index (χ2n) is 3.00. The first kappa shape index (κ1) is 10.7. The number of aromatic amines is 1. The van der Waals surface area contributed by atoms with E-state index in [-0.39, 0.29) is 17.1 Å². The molecule has 2 aromatic rings. The molecule has 0 aliphatic heterocycles. The highest BCUT2D eigenvalue weighted by Crippen LogP contribution is 2.09. The molecule has 0 radical (unpaired) electrons. The van der Waals surface area contributed by atoms with Gasteiger partial charge in [-0.05, 0) is 0 Å². The normalized spacial score (nSPS) is 9.88. The average Bonchev–Trinajstić information content (AvgIpc) is 2.83. The molecule has 0 aliphatic carbocycles. The maximum atomic E-state index is 11.6. The Bertz CT molecular complexity index is 552. The average molecular weight is 233 g/mol. The number of nitrogens with one attached hydrogen (secondary N) is 2. The van der Waals surface area contributed by atoms with Gasteiger partial charge in [0.25, 0.3) is 5.91 Å². The van der Waals surface area contributed by atoms with E-state index in [0.29, 0.717) is 0 Å². The molecule has 0 saturated carbocycles. The van der Waals surface area contributed by atoms with Crippen LogP contribution in [0.5, 0.6) is 0 Å². The number of aromatic carboxylic acids is 1. The Morgan fingerprint density at radius 3 is 2.71 bits per heavy atom. The molecule has 0 aromatic carbocycles. The van der Waals surface area contributed by atoms with Gasteiger partial charge in [0, 0.05) is 18.6 Å². The van der Waals surface area contributed by atoms with Crippen LogP contribution in [0.15, 0.2) is 24.8 Å². The van der Waals surface area contributed by atoms with Gasteiger partial charge < -0.3 is 10.4 Å². The second kappa shape index (κ2) is 4.39. The summed E-state index contributed by atoms with van der Waals surface area (Å²) in [5.74, 6) is -1.88. The van der Waals surface area contributed by atoms with Crippen molar-refractivity contribution in [1.29, 1.82) is 0 Å². The molecule has 0 unspecified atom stereocenters. The van der Waals surface area contributed by atoms with Crippen LogP contribution in [0.2, 0.25) is 0 Å². The molecule has 0 aliphatic rings. The lowest BCUT2D eigenvalue weighted by atomic mass is 10.3. The zero-order chi connectivity index (χ0) is 12.3. The number of carbonyl (C=O) groups is 2. The number of anilines is 1. The van der Waals surface area contributed by atoms with Crippen LogP contribution in [0.3, 0.4) is 0 Å². The van der Waals surface area contributed by atoms with Gasteiger partial charge >= 0.3 is 5.97 Å². The van der Waals surface area contributed by atoms with E-state index in [1.165, 1.54) is 24.8 Å². The van der Waals surface area contributed by atoms with Crippen LogP contribution in [0, 0.1) is 0 Å². The fourth-order valence-electron chi connectivity index (χ4n) is 1.14. The second-order valence-corrected chi connectivity index (χ2v) is 3.00. The summed E-state index contributed by atoms with van der Waals surface area (Å²) in [7, 11) is 0. The fraction of sp³-hybridized carbons (Fsp3) is 0. The summed E-state index contributed by atoms with van der Waals surface area (Å²) >= 11 is 0. The van der Waals surface area contributed by atoms with Crippen molar-refractivity contribution < 1.29 is 14.7 Å². The van der Waals surface area contributed by atoms with E-state index in [1.807, 2.05) is 0 Å². The highest BCUT2D eigenvalue weighted by molar-refractivity contribution is 6.06. The Morgan fingerprint density at radius 2 is 2.06 bits per heavy atom. The first-order chi connectivity index (χ1) is 8.18. The molecule has 8 heteroatoms. The Hall–Kier alpha value is -2.77. The number of carbonyl (C=O) groups excluding carboxylic acids is 1. The minimum Gasteiger partial charge on any atom is -0.476 e. The Labute approximate surface area is 94.7 Å². The molecule has 0 atom stereocenters. The van der Waals surface area contributed by atoms with Gasteiger partial charge in [0.2, 0.25) is 0 Å². The van der Waals surface area contributed by atoms with Crippen molar-refractivity contribution in [2.24, 2.45) is 0 Å². The lowest BCUT2D eigenvalue weighted by Gasteiger charge is -2.04. The summed E-state index contributed by atoms with van der Waals surface area (Å²) in [6, 6.07) is 0. The van der Waals surface area contributed by atoms with E-state index >= 15 is 0 Å². The van der Waals surface area contributed by atoms with Gasteiger partial charge in [-0.3, -0.25) is 9.89 Å². The predicted molar refractivity (Wildman–Crippen MR) is 55.5 cm³/mol. The topological polar surface area (TPSA) is 121 Å². The number of H-pyrrole nitrogens is 1. The highest BCUT2D eigenvalue weighted by Gasteiger charge is 2.16. The van der Waals surface area contributed by atoms with Crippen molar-refractivity contribution in [3.8, 4) is 0 Å². The summed E-state index contributed by atoms with van der Waals surface area (Å²) in [6.07, 6.45) is 5.21. The fourth-order valence-corrected chi connectivity index (χ4v) is 1.14. The summed E-state index contributed by atoms with van der Waals surface area (Å²) in [5, 5.41) is 17.3. The molecule has 0 fully saturated rings.